The van der Waals surface area contributed by atoms with E-state index >= 15 is 0 Å². The maximum Gasteiger partial charge on any atom is 0.350 e. The highest BCUT2D eigenvalue weighted by Crippen LogP contribution is 2.31. The van der Waals surface area contributed by atoms with Gasteiger partial charge in [0.1, 0.15) is 11.5 Å². The van der Waals surface area contributed by atoms with Gasteiger partial charge in [0.05, 0.1) is 12.8 Å². The van der Waals surface area contributed by atoms with Crippen molar-refractivity contribution >= 4 is 28.3 Å². The van der Waals surface area contributed by atoms with Crippen LogP contribution in [0.2, 0.25) is 0 Å². The summed E-state index contributed by atoms with van der Waals surface area (Å²) < 4.78 is 15.8. The van der Waals surface area contributed by atoms with E-state index in [0.29, 0.717) is 27.2 Å². The second-order valence-corrected chi connectivity index (χ2v) is 5.78. The Hall–Kier alpha value is -2.61. The van der Waals surface area contributed by atoms with Crippen LogP contribution in [0.5, 0.6) is 11.5 Å². The molecule has 1 aromatic heterocycles. The van der Waals surface area contributed by atoms with Gasteiger partial charge in [0.15, 0.2) is 16.6 Å². The van der Waals surface area contributed by atoms with Gasteiger partial charge >= 0.3 is 5.97 Å². The minimum atomic E-state index is -0.782. The zero-order chi connectivity index (χ0) is 16.4. The average molecular weight is 334 g/mol. The third-order valence-electron chi connectivity index (χ3n) is 3.20. The third-order valence-corrected chi connectivity index (χ3v) is 4.25. The number of anilines is 1. The summed E-state index contributed by atoms with van der Waals surface area (Å²) in [7, 11) is 1.30. The van der Waals surface area contributed by atoms with Crippen LogP contribution in [0.25, 0.3) is 0 Å². The van der Waals surface area contributed by atoms with Crippen LogP contribution in [0.1, 0.15) is 15.4 Å². The van der Waals surface area contributed by atoms with Crippen molar-refractivity contribution in [2.45, 2.75) is 13.0 Å². The molecule has 2 heterocycles. The van der Waals surface area contributed by atoms with Crippen LogP contribution >= 0.6 is 11.3 Å². The van der Waals surface area contributed by atoms with Crippen LogP contribution in [0.15, 0.2) is 24.3 Å². The highest BCUT2D eigenvalue weighted by molar-refractivity contribution is 7.17. The van der Waals surface area contributed by atoms with E-state index in [4.69, 9.17) is 9.47 Å². The summed E-state index contributed by atoms with van der Waals surface area (Å²) in [4.78, 5) is 28.3. The first kappa shape index (κ1) is 15.3. The van der Waals surface area contributed by atoms with Crippen LogP contribution in [-0.4, -0.2) is 36.7 Å². The molecule has 2 aromatic rings. The number of para-hydroxylation sites is 2. The lowest BCUT2D eigenvalue weighted by Gasteiger charge is -2.25. The second kappa shape index (κ2) is 6.25. The van der Waals surface area contributed by atoms with E-state index in [1.54, 1.807) is 25.1 Å². The van der Waals surface area contributed by atoms with Crippen LogP contribution in [0, 0.1) is 6.92 Å². The molecular formula is C15H14N2O5S. The number of amides is 1. The van der Waals surface area contributed by atoms with Gasteiger partial charge in [-0.25, -0.2) is 9.78 Å². The Morgan fingerprint density at radius 1 is 1.35 bits per heavy atom. The zero-order valence-corrected chi connectivity index (χ0v) is 13.3. The summed E-state index contributed by atoms with van der Waals surface area (Å²) in [5.41, 5.74) is 0.503. The molecular weight excluding hydrogens is 320 g/mol. The molecule has 120 valence electrons. The summed E-state index contributed by atoms with van der Waals surface area (Å²) in [5.74, 6) is 0.260. The predicted molar refractivity (Wildman–Crippen MR) is 83.2 cm³/mol. The number of hydrogen-bond acceptors (Lipinski definition) is 7. The number of ether oxygens (including phenoxy) is 3. The fourth-order valence-corrected chi connectivity index (χ4v) is 2.95. The predicted octanol–water partition coefficient (Wildman–Crippen LogP) is 2.02. The molecule has 1 aliphatic rings. The first-order valence-corrected chi connectivity index (χ1v) is 7.65. The van der Waals surface area contributed by atoms with Gasteiger partial charge in [-0.15, -0.1) is 0 Å². The largest absolute Gasteiger partial charge is 0.485 e. The van der Waals surface area contributed by atoms with Crippen molar-refractivity contribution in [3.05, 3.63) is 34.8 Å². The van der Waals surface area contributed by atoms with Gasteiger partial charge in [0.2, 0.25) is 6.10 Å². The van der Waals surface area contributed by atoms with E-state index in [1.807, 2.05) is 6.07 Å². The fourth-order valence-electron chi connectivity index (χ4n) is 2.07. The average Bonchev–Trinajstić information content (AvgIpc) is 2.94. The minimum Gasteiger partial charge on any atom is -0.485 e. The van der Waals surface area contributed by atoms with Crippen molar-refractivity contribution in [2.75, 3.05) is 19.0 Å². The number of esters is 1. The van der Waals surface area contributed by atoms with E-state index in [2.05, 4.69) is 15.0 Å². The van der Waals surface area contributed by atoms with Crippen molar-refractivity contribution in [3.63, 3.8) is 0 Å². The lowest BCUT2D eigenvalue weighted by atomic mass is 10.2. The summed E-state index contributed by atoms with van der Waals surface area (Å²) >= 11 is 1.06. The molecule has 1 unspecified atom stereocenters. The molecule has 23 heavy (non-hydrogen) atoms. The molecule has 0 radical (unpaired) electrons. The number of carbonyl (C=O) groups is 2. The topological polar surface area (TPSA) is 86.8 Å². The SMILES string of the molecule is COC(=O)c1sc(NC(=O)C2COc3ccccc3O2)nc1C. The van der Waals surface area contributed by atoms with Crippen molar-refractivity contribution < 1.29 is 23.8 Å². The molecule has 8 heteroatoms. The third kappa shape index (κ3) is 3.11. The Morgan fingerprint density at radius 2 is 2.09 bits per heavy atom. The van der Waals surface area contributed by atoms with Gasteiger partial charge in [0.25, 0.3) is 5.91 Å². The number of thiazole rings is 1. The molecule has 1 atom stereocenters. The molecule has 0 saturated heterocycles. The molecule has 0 fully saturated rings. The van der Waals surface area contributed by atoms with Gasteiger partial charge < -0.3 is 14.2 Å². The molecule has 3 rings (SSSR count). The van der Waals surface area contributed by atoms with Crippen molar-refractivity contribution in [2.24, 2.45) is 0 Å². The van der Waals surface area contributed by atoms with Crippen LogP contribution in [0.3, 0.4) is 0 Å². The minimum absolute atomic E-state index is 0.108. The van der Waals surface area contributed by atoms with Gasteiger partial charge in [-0.05, 0) is 19.1 Å². The molecule has 7 nitrogen and oxygen atoms in total. The van der Waals surface area contributed by atoms with Crippen LogP contribution < -0.4 is 14.8 Å². The van der Waals surface area contributed by atoms with E-state index in [1.165, 1.54) is 7.11 Å². The first-order valence-electron chi connectivity index (χ1n) is 6.83. The Labute approximate surface area is 136 Å². The second-order valence-electron chi connectivity index (χ2n) is 4.78. The molecule has 1 N–H and O–H groups in total. The Bertz CT molecular complexity index is 758. The van der Waals surface area contributed by atoms with Gasteiger partial charge in [-0.2, -0.15) is 0 Å². The number of methoxy groups -OCH3 is 1. The summed E-state index contributed by atoms with van der Waals surface area (Å²) in [6.07, 6.45) is -0.782. The quantitative estimate of drug-likeness (QED) is 0.864. The van der Waals surface area contributed by atoms with Gasteiger partial charge in [0, 0.05) is 0 Å². The normalized spacial score (nSPS) is 15.8. The van der Waals surface area contributed by atoms with Crippen molar-refractivity contribution in [1.82, 2.24) is 4.98 Å². The molecule has 1 aromatic carbocycles. The monoisotopic (exact) mass is 334 g/mol. The number of carbonyl (C=O) groups excluding carboxylic acids is 2. The van der Waals surface area contributed by atoms with Crippen molar-refractivity contribution in [1.29, 1.82) is 0 Å². The lowest BCUT2D eigenvalue weighted by molar-refractivity contribution is -0.125. The number of benzene rings is 1. The van der Waals surface area contributed by atoms with E-state index < -0.39 is 12.1 Å². The lowest BCUT2D eigenvalue weighted by Crippen LogP contribution is -2.40. The highest BCUT2D eigenvalue weighted by atomic mass is 32.1. The number of nitrogens with one attached hydrogen (secondary N) is 1. The Morgan fingerprint density at radius 3 is 2.83 bits per heavy atom. The molecule has 0 bridgehead atoms. The first-order chi connectivity index (χ1) is 11.1. The Kier molecular flexibility index (Phi) is 4.16. The number of nitrogens with zero attached hydrogens (tertiary/aromatic N) is 1. The zero-order valence-electron chi connectivity index (χ0n) is 12.5. The Balaban J connectivity index is 1.70. The van der Waals surface area contributed by atoms with E-state index in [-0.39, 0.29) is 12.5 Å². The van der Waals surface area contributed by atoms with Crippen LogP contribution in [0.4, 0.5) is 5.13 Å². The molecule has 1 amide bonds. The van der Waals surface area contributed by atoms with Crippen molar-refractivity contribution in [3.8, 4) is 11.5 Å². The summed E-state index contributed by atoms with van der Waals surface area (Å²) in [5, 5.41) is 2.95. The standard InChI is InChI=1S/C15H14N2O5S/c1-8-12(14(19)20-2)23-15(16-8)17-13(18)11-7-21-9-5-3-4-6-10(9)22-11/h3-6,11H,7H2,1-2H3,(H,16,17,18). The maximum absolute atomic E-state index is 12.3. The molecule has 1 aliphatic heterocycles. The summed E-state index contributed by atoms with van der Waals surface area (Å²) in [6.45, 7) is 1.78. The van der Waals surface area contributed by atoms with Gasteiger partial charge in [-0.3, -0.25) is 10.1 Å². The van der Waals surface area contributed by atoms with E-state index in [0.717, 1.165) is 11.3 Å². The summed E-state index contributed by atoms with van der Waals surface area (Å²) in [6, 6.07) is 7.14. The number of hydrogen-bond donors (Lipinski definition) is 1. The number of aromatic nitrogens is 1. The van der Waals surface area contributed by atoms with Crippen LogP contribution in [-0.2, 0) is 9.53 Å². The number of rotatable bonds is 3. The highest BCUT2D eigenvalue weighted by Gasteiger charge is 2.28. The van der Waals surface area contributed by atoms with Gasteiger partial charge in [-0.1, -0.05) is 23.5 Å². The number of aryl methyl sites for hydroxylation is 1. The molecule has 0 aliphatic carbocycles. The molecule has 0 spiro atoms. The maximum atomic E-state index is 12.3. The fraction of sp³-hybridized carbons (Fsp3) is 0.267. The number of fused-ring (bicyclic) bond motifs is 1. The smallest absolute Gasteiger partial charge is 0.350 e. The molecule has 0 saturated carbocycles. The van der Waals surface area contributed by atoms with E-state index in [9.17, 15) is 9.59 Å².